The van der Waals surface area contributed by atoms with Crippen LogP contribution in [0.15, 0.2) is 0 Å². The normalized spacial score (nSPS) is 11.4. The minimum absolute atomic E-state index is 1.07. The first-order valence-corrected chi connectivity index (χ1v) is 12.9. The molecule has 0 aliphatic heterocycles. The summed E-state index contributed by atoms with van der Waals surface area (Å²) in [5.74, 6) is 0. The van der Waals surface area contributed by atoms with Gasteiger partial charge in [0.05, 0.1) is 0 Å². The Labute approximate surface area is 98.8 Å². The monoisotopic (exact) mass is 301 g/mol. The van der Waals surface area contributed by atoms with E-state index in [0.29, 0.717) is 0 Å². The van der Waals surface area contributed by atoms with Crippen molar-refractivity contribution in [2.24, 2.45) is 0 Å². The van der Waals surface area contributed by atoms with Crippen molar-refractivity contribution in [3.8, 4) is 0 Å². The molecule has 0 fully saturated rings. The maximum atomic E-state index is 2.46. The van der Waals surface area contributed by atoms with Gasteiger partial charge in [-0.05, 0) is 0 Å². The molecule has 0 unspecified atom stereocenters. The summed E-state index contributed by atoms with van der Waals surface area (Å²) in [4.78, 5) is 2.44. The zero-order valence-corrected chi connectivity index (χ0v) is 14.1. The summed E-state index contributed by atoms with van der Waals surface area (Å²) in [5.41, 5.74) is 0. The Morgan fingerprint density at radius 2 is 1.79 bits per heavy atom. The van der Waals surface area contributed by atoms with Crippen molar-refractivity contribution in [2.75, 3.05) is 20.1 Å². The SMILES string of the molecule is CC[CH2][In]([CH2]CCN(C)CC)[CH](C)C. The number of hydrogen-bond donors (Lipinski definition) is 0. The molecule has 0 saturated heterocycles. The molecule has 0 amide bonds. The van der Waals surface area contributed by atoms with Crippen LogP contribution < -0.4 is 0 Å². The number of rotatable bonds is 8. The minimum atomic E-state index is -1.10. The first-order chi connectivity index (χ1) is 6.61. The molecule has 1 nitrogen and oxygen atoms in total. The van der Waals surface area contributed by atoms with Crippen LogP contribution in [-0.4, -0.2) is 46.5 Å². The molecule has 0 aromatic carbocycles. The molecule has 0 heterocycles. The third-order valence-electron chi connectivity index (χ3n) is 3.26. The maximum absolute atomic E-state index is 2.46. The van der Waals surface area contributed by atoms with Gasteiger partial charge in [-0.15, -0.1) is 0 Å². The van der Waals surface area contributed by atoms with Gasteiger partial charge in [-0.25, -0.2) is 0 Å². The fourth-order valence-electron chi connectivity index (χ4n) is 1.96. The Morgan fingerprint density at radius 3 is 2.21 bits per heavy atom. The van der Waals surface area contributed by atoms with Gasteiger partial charge in [-0.3, -0.25) is 0 Å². The molecule has 0 radical (unpaired) electrons. The quantitative estimate of drug-likeness (QED) is 0.661. The second-order valence-electron chi connectivity index (χ2n) is 4.83. The predicted octanol–water partition coefficient (Wildman–Crippen LogP) is 3.64. The van der Waals surface area contributed by atoms with Gasteiger partial charge in [0.1, 0.15) is 0 Å². The molecular weight excluding hydrogens is 273 g/mol. The fourth-order valence-corrected chi connectivity index (χ4v) is 10.7. The predicted molar refractivity (Wildman–Crippen MR) is 68.5 cm³/mol. The molecule has 0 atom stereocenters. The van der Waals surface area contributed by atoms with E-state index in [1.165, 1.54) is 25.9 Å². The van der Waals surface area contributed by atoms with E-state index in [1.807, 2.05) is 0 Å². The van der Waals surface area contributed by atoms with Gasteiger partial charge in [0.2, 0.25) is 0 Å². The van der Waals surface area contributed by atoms with Crippen molar-refractivity contribution in [1.29, 1.82) is 0 Å². The number of nitrogens with zero attached hydrogens (tertiary/aromatic N) is 1. The van der Waals surface area contributed by atoms with Crippen LogP contribution in [-0.2, 0) is 0 Å². The van der Waals surface area contributed by atoms with Gasteiger partial charge >= 0.3 is 99.0 Å². The van der Waals surface area contributed by atoms with Crippen molar-refractivity contribution in [1.82, 2.24) is 4.90 Å². The molecule has 0 N–H and O–H groups in total. The molecule has 84 valence electrons. The van der Waals surface area contributed by atoms with Gasteiger partial charge < -0.3 is 0 Å². The molecule has 0 spiro atoms. The molecule has 14 heavy (non-hydrogen) atoms. The zero-order valence-electron chi connectivity index (χ0n) is 10.8. The molecule has 0 aliphatic rings. The summed E-state index contributed by atoms with van der Waals surface area (Å²) >= 11 is -1.10. The van der Waals surface area contributed by atoms with Crippen LogP contribution in [0.5, 0.6) is 0 Å². The second kappa shape index (κ2) is 9.08. The van der Waals surface area contributed by atoms with E-state index >= 15 is 0 Å². The molecule has 0 aliphatic carbocycles. The van der Waals surface area contributed by atoms with Gasteiger partial charge in [0, 0.05) is 0 Å². The molecule has 2 heteroatoms. The van der Waals surface area contributed by atoms with Gasteiger partial charge in [0.25, 0.3) is 0 Å². The Morgan fingerprint density at radius 1 is 1.14 bits per heavy atom. The van der Waals surface area contributed by atoms with Crippen molar-refractivity contribution in [2.45, 2.75) is 52.6 Å². The van der Waals surface area contributed by atoms with Gasteiger partial charge in [0.15, 0.2) is 0 Å². The van der Waals surface area contributed by atoms with Crippen molar-refractivity contribution < 1.29 is 0 Å². The van der Waals surface area contributed by atoms with E-state index in [-0.39, 0.29) is 0 Å². The van der Waals surface area contributed by atoms with Crippen molar-refractivity contribution in [3.63, 3.8) is 0 Å². The van der Waals surface area contributed by atoms with Crippen LogP contribution in [0.2, 0.25) is 12.0 Å². The van der Waals surface area contributed by atoms with E-state index in [1.54, 1.807) is 8.35 Å². The molecular formula is C12H28InN. The molecule has 0 aromatic heterocycles. The third-order valence-corrected chi connectivity index (χ3v) is 15.7. The standard InChI is InChI=1S/C6H14N.2C3H7.In/c1-4-6-7(3)5-2;2*1-3-2;/h1,4-6H2,2-3H3;3H,1-2H3;1,3H2,2H3;. The Hall–Kier alpha value is 0.830. The molecule has 0 bridgehead atoms. The summed E-state index contributed by atoms with van der Waals surface area (Å²) in [5, 5.41) is 0. The third kappa shape index (κ3) is 7.17. The van der Waals surface area contributed by atoms with Gasteiger partial charge in [-0.1, -0.05) is 0 Å². The van der Waals surface area contributed by atoms with E-state index in [2.05, 4.69) is 39.6 Å². The van der Waals surface area contributed by atoms with E-state index in [9.17, 15) is 0 Å². The van der Waals surface area contributed by atoms with Crippen LogP contribution in [0.25, 0.3) is 0 Å². The molecule has 0 saturated carbocycles. The fraction of sp³-hybridized carbons (Fsp3) is 1.00. The van der Waals surface area contributed by atoms with Crippen LogP contribution in [0.4, 0.5) is 0 Å². The van der Waals surface area contributed by atoms with Crippen LogP contribution in [0, 0.1) is 0 Å². The second-order valence-corrected chi connectivity index (χ2v) is 16.3. The first-order valence-electron chi connectivity index (χ1n) is 6.30. The van der Waals surface area contributed by atoms with Crippen LogP contribution in [0.1, 0.15) is 40.5 Å². The topological polar surface area (TPSA) is 3.24 Å². The molecule has 0 rings (SSSR count). The van der Waals surface area contributed by atoms with E-state index < -0.39 is 21.4 Å². The first kappa shape index (κ1) is 14.8. The van der Waals surface area contributed by atoms with Crippen molar-refractivity contribution in [3.05, 3.63) is 0 Å². The summed E-state index contributed by atoms with van der Waals surface area (Å²) < 4.78 is 4.32. The van der Waals surface area contributed by atoms with E-state index in [0.717, 1.165) is 3.67 Å². The summed E-state index contributed by atoms with van der Waals surface area (Å²) in [6, 6.07) is 0. The average Bonchev–Trinajstić information content (AvgIpc) is 2.16. The van der Waals surface area contributed by atoms with Gasteiger partial charge in [-0.2, -0.15) is 0 Å². The Bertz CT molecular complexity index is 125. The number of hydrogen-bond acceptors (Lipinski definition) is 1. The van der Waals surface area contributed by atoms with E-state index in [4.69, 9.17) is 0 Å². The Kier molecular flexibility index (Phi) is 9.62. The summed E-state index contributed by atoms with van der Waals surface area (Å²) in [6.07, 6.45) is 2.89. The molecule has 0 aromatic rings. The Balaban J connectivity index is 3.60. The zero-order chi connectivity index (χ0) is 11.0. The summed E-state index contributed by atoms with van der Waals surface area (Å²) in [6.45, 7) is 12.0. The van der Waals surface area contributed by atoms with Crippen LogP contribution >= 0.6 is 0 Å². The summed E-state index contributed by atoms with van der Waals surface area (Å²) in [7, 11) is 2.24. The average molecular weight is 301 g/mol. The van der Waals surface area contributed by atoms with Crippen molar-refractivity contribution >= 4 is 21.4 Å². The van der Waals surface area contributed by atoms with Crippen LogP contribution in [0.3, 0.4) is 0 Å².